The molecular weight excluding hydrogens is 397 g/mol. The van der Waals surface area contributed by atoms with E-state index in [0.717, 1.165) is 36.2 Å². The first-order valence-corrected chi connectivity index (χ1v) is 10.3. The Morgan fingerprint density at radius 2 is 1.97 bits per heavy atom. The fourth-order valence-electron chi connectivity index (χ4n) is 3.52. The van der Waals surface area contributed by atoms with E-state index in [1.807, 2.05) is 55.0 Å². The van der Waals surface area contributed by atoms with E-state index in [4.69, 9.17) is 0 Å². The van der Waals surface area contributed by atoms with Gasteiger partial charge < -0.3 is 15.5 Å². The van der Waals surface area contributed by atoms with Gasteiger partial charge in [0.1, 0.15) is 17.5 Å². The van der Waals surface area contributed by atoms with Crippen molar-refractivity contribution in [3.63, 3.8) is 0 Å². The summed E-state index contributed by atoms with van der Waals surface area (Å²) in [4.78, 5) is 23.0. The standard InChI is InChI=1S/C22H26FN7O/c1-14-19-20(29(3)15(2)21(31)27-19)28-22(26-14)24-11-17-12-25-30(13-17)10-4-5-16-6-8-18(23)9-7-16/h6-9,12-13,15H,4-5,10-11H2,1-3H3,(H,27,31)(H,24,26,28)/t15-/m0/s1. The van der Waals surface area contributed by atoms with Gasteiger partial charge in [-0.2, -0.15) is 10.1 Å². The number of aryl methyl sites for hydroxylation is 3. The summed E-state index contributed by atoms with van der Waals surface area (Å²) in [6.45, 7) is 5.03. The van der Waals surface area contributed by atoms with E-state index in [0.29, 0.717) is 24.0 Å². The Morgan fingerprint density at radius 3 is 2.74 bits per heavy atom. The summed E-state index contributed by atoms with van der Waals surface area (Å²) in [7, 11) is 1.86. The number of halogens is 1. The average Bonchev–Trinajstić information content (AvgIpc) is 3.21. The third-order valence-corrected chi connectivity index (χ3v) is 5.52. The van der Waals surface area contributed by atoms with Crippen LogP contribution in [0.15, 0.2) is 36.7 Å². The van der Waals surface area contributed by atoms with Crippen LogP contribution in [0.25, 0.3) is 0 Å². The van der Waals surface area contributed by atoms with Crippen molar-refractivity contribution < 1.29 is 9.18 Å². The fraction of sp³-hybridized carbons (Fsp3) is 0.364. The lowest BCUT2D eigenvalue weighted by molar-refractivity contribution is -0.117. The molecule has 1 amide bonds. The fourth-order valence-corrected chi connectivity index (χ4v) is 3.52. The zero-order chi connectivity index (χ0) is 22.0. The topological polar surface area (TPSA) is 88.0 Å². The van der Waals surface area contributed by atoms with Crippen molar-refractivity contribution in [2.45, 2.75) is 45.8 Å². The molecule has 0 spiro atoms. The summed E-state index contributed by atoms with van der Waals surface area (Å²) in [5, 5.41) is 10.5. The number of fused-ring (bicyclic) bond motifs is 1. The van der Waals surface area contributed by atoms with Crippen LogP contribution >= 0.6 is 0 Å². The Morgan fingerprint density at radius 1 is 1.19 bits per heavy atom. The number of carbonyl (C=O) groups is 1. The van der Waals surface area contributed by atoms with Gasteiger partial charge in [0.25, 0.3) is 0 Å². The third-order valence-electron chi connectivity index (χ3n) is 5.52. The monoisotopic (exact) mass is 423 g/mol. The van der Waals surface area contributed by atoms with E-state index in [1.165, 1.54) is 12.1 Å². The second kappa shape index (κ2) is 8.71. The van der Waals surface area contributed by atoms with Gasteiger partial charge in [0.15, 0.2) is 5.82 Å². The second-order valence-electron chi connectivity index (χ2n) is 7.80. The molecule has 0 radical (unpaired) electrons. The van der Waals surface area contributed by atoms with Crippen LogP contribution in [0.5, 0.6) is 0 Å². The molecule has 1 aromatic carbocycles. The minimum absolute atomic E-state index is 0.0609. The number of hydrogen-bond donors (Lipinski definition) is 2. The molecule has 3 heterocycles. The van der Waals surface area contributed by atoms with Crippen LogP contribution < -0.4 is 15.5 Å². The molecule has 162 valence electrons. The summed E-state index contributed by atoms with van der Waals surface area (Å²) >= 11 is 0. The number of aromatic nitrogens is 4. The zero-order valence-electron chi connectivity index (χ0n) is 17.9. The minimum Gasteiger partial charge on any atom is -0.350 e. The minimum atomic E-state index is -0.289. The number of anilines is 3. The quantitative estimate of drug-likeness (QED) is 0.607. The Bertz CT molecular complexity index is 1080. The molecule has 9 heteroatoms. The molecule has 4 rings (SSSR count). The maximum absolute atomic E-state index is 13.0. The van der Waals surface area contributed by atoms with Gasteiger partial charge in [0.05, 0.1) is 11.9 Å². The van der Waals surface area contributed by atoms with Gasteiger partial charge in [-0.25, -0.2) is 9.37 Å². The highest BCUT2D eigenvalue weighted by Crippen LogP contribution is 2.32. The molecule has 0 saturated heterocycles. The number of amides is 1. The van der Waals surface area contributed by atoms with Crippen LogP contribution in [0.4, 0.5) is 21.8 Å². The van der Waals surface area contributed by atoms with Crippen molar-refractivity contribution in [2.24, 2.45) is 0 Å². The molecular formula is C22H26FN7O. The maximum Gasteiger partial charge on any atom is 0.246 e. The van der Waals surface area contributed by atoms with Crippen LogP contribution in [-0.2, 0) is 24.3 Å². The molecule has 8 nitrogen and oxygen atoms in total. The number of benzene rings is 1. The molecule has 2 aromatic heterocycles. The first-order valence-electron chi connectivity index (χ1n) is 10.3. The van der Waals surface area contributed by atoms with Crippen molar-refractivity contribution >= 4 is 23.4 Å². The van der Waals surface area contributed by atoms with Crippen molar-refractivity contribution in [3.8, 4) is 0 Å². The zero-order valence-corrected chi connectivity index (χ0v) is 17.9. The van der Waals surface area contributed by atoms with E-state index in [9.17, 15) is 9.18 Å². The van der Waals surface area contributed by atoms with Crippen LogP contribution in [-0.4, -0.2) is 38.7 Å². The largest absolute Gasteiger partial charge is 0.350 e. The third kappa shape index (κ3) is 4.65. The Kier molecular flexibility index (Phi) is 5.83. The summed E-state index contributed by atoms with van der Waals surface area (Å²) in [6, 6.07) is 6.33. The van der Waals surface area contributed by atoms with Crippen molar-refractivity contribution in [3.05, 3.63) is 59.3 Å². The Labute approximate surface area is 180 Å². The van der Waals surface area contributed by atoms with Gasteiger partial charge in [0, 0.05) is 31.9 Å². The van der Waals surface area contributed by atoms with Crippen molar-refractivity contribution in [2.75, 3.05) is 22.6 Å². The summed E-state index contributed by atoms with van der Waals surface area (Å²) in [5.41, 5.74) is 3.52. The maximum atomic E-state index is 13.0. The molecule has 0 fully saturated rings. The van der Waals surface area contributed by atoms with Gasteiger partial charge in [-0.3, -0.25) is 9.48 Å². The molecule has 1 atom stereocenters. The number of nitrogens with zero attached hydrogens (tertiary/aromatic N) is 5. The van der Waals surface area contributed by atoms with E-state index in [2.05, 4.69) is 25.7 Å². The number of rotatable bonds is 7. The summed E-state index contributed by atoms with van der Waals surface area (Å²) in [6.07, 6.45) is 5.61. The van der Waals surface area contributed by atoms with E-state index in [-0.39, 0.29) is 17.8 Å². The Balaban J connectivity index is 1.34. The smallest absolute Gasteiger partial charge is 0.246 e. The highest BCUT2D eigenvalue weighted by Gasteiger charge is 2.30. The van der Waals surface area contributed by atoms with Gasteiger partial charge in [0.2, 0.25) is 11.9 Å². The second-order valence-corrected chi connectivity index (χ2v) is 7.80. The molecule has 2 N–H and O–H groups in total. The highest BCUT2D eigenvalue weighted by molar-refractivity contribution is 6.03. The van der Waals surface area contributed by atoms with Gasteiger partial charge in [-0.15, -0.1) is 0 Å². The molecule has 0 aliphatic carbocycles. The van der Waals surface area contributed by atoms with E-state index in [1.54, 1.807) is 0 Å². The number of likely N-dealkylation sites (N-methyl/N-ethyl adjacent to an activating group) is 1. The van der Waals surface area contributed by atoms with E-state index < -0.39 is 0 Å². The SMILES string of the molecule is Cc1nc(NCc2cnn(CCCc3ccc(F)cc3)c2)nc2c1NC(=O)[C@H](C)N2C. The van der Waals surface area contributed by atoms with Gasteiger partial charge >= 0.3 is 0 Å². The predicted molar refractivity (Wildman–Crippen MR) is 118 cm³/mol. The summed E-state index contributed by atoms with van der Waals surface area (Å²) < 4.78 is 14.9. The molecule has 3 aromatic rings. The lowest BCUT2D eigenvalue weighted by Crippen LogP contribution is -2.44. The Hall–Kier alpha value is -3.49. The molecule has 0 unspecified atom stereocenters. The highest BCUT2D eigenvalue weighted by atomic mass is 19.1. The molecule has 0 saturated carbocycles. The molecule has 0 bridgehead atoms. The normalized spacial score (nSPS) is 15.5. The van der Waals surface area contributed by atoms with Crippen molar-refractivity contribution in [1.29, 1.82) is 0 Å². The van der Waals surface area contributed by atoms with Crippen LogP contribution in [0.2, 0.25) is 0 Å². The summed E-state index contributed by atoms with van der Waals surface area (Å²) in [5.74, 6) is 0.945. The van der Waals surface area contributed by atoms with Gasteiger partial charge in [-0.1, -0.05) is 12.1 Å². The predicted octanol–water partition coefficient (Wildman–Crippen LogP) is 3.14. The first kappa shape index (κ1) is 20.8. The first-order chi connectivity index (χ1) is 14.9. The van der Waals surface area contributed by atoms with Crippen LogP contribution in [0.3, 0.4) is 0 Å². The van der Waals surface area contributed by atoms with Crippen molar-refractivity contribution in [1.82, 2.24) is 19.7 Å². The lowest BCUT2D eigenvalue weighted by atomic mass is 10.1. The lowest BCUT2D eigenvalue weighted by Gasteiger charge is -2.32. The molecule has 31 heavy (non-hydrogen) atoms. The molecule has 1 aliphatic heterocycles. The van der Waals surface area contributed by atoms with Crippen LogP contribution in [0.1, 0.15) is 30.2 Å². The average molecular weight is 423 g/mol. The number of carbonyl (C=O) groups excluding carboxylic acids is 1. The van der Waals surface area contributed by atoms with Gasteiger partial charge in [-0.05, 0) is 44.4 Å². The van der Waals surface area contributed by atoms with Crippen LogP contribution in [0, 0.1) is 12.7 Å². The number of nitrogens with one attached hydrogen (secondary N) is 2. The number of hydrogen-bond acceptors (Lipinski definition) is 6. The van der Waals surface area contributed by atoms with E-state index >= 15 is 0 Å². The molecule has 1 aliphatic rings.